The molecule has 0 aliphatic carbocycles. The minimum absolute atomic E-state index is 0.00277. The first-order valence-electron chi connectivity index (χ1n) is 8.81. The van der Waals surface area contributed by atoms with Crippen molar-refractivity contribution in [1.29, 1.82) is 0 Å². The molecular formula is C21H18FNO3S. The lowest BCUT2D eigenvalue weighted by molar-refractivity contribution is 0.0762. The van der Waals surface area contributed by atoms with Crippen molar-refractivity contribution in [2.24, 2.45) is 0 Å². The molecule has 0 spiro atoms. The van der Waals surface area contributed by atoms with E-state index in [0.717, 1.165) is 0 Å². The molecule has 4 rings (SSSR count). The first-order chi connectivity index (χ1) is 13.1. The Hall–Kier alpha value is -2.60. The number of benzene rings is 2. The molecule has 1 fully saturated rings. The highest BCUT2D eigenvalue weighted by atomic mass is 32.2. The lowest BCUT2D eigenvalue weighted by Gasteiger charge is -2.20. The van der Waals surface area contributed by atoms with Crippen LogP contribution in [-0.4, -0.2) is 29.6 Å². The maximum atomic E-state index is 14.1. The second-order valence-electron chi connectivity index (χ2n) is 6.45. The van der Waals surface area contributed by atoms with Crippen molar-refractivity contribution in [3.8, 4) is 0 Å². The molecule has 0 radical (unpaired) electrons. The van der Waals surface area contributed by atoms with Gasteiger partial charge in [0.05, 0.1) is 0 Å². The van der Waals surface area contributed by atoms with Crippen LogP contribution in [0.2, 0.25) is 0 Å². The van der Waals surface area contributed by atoms with Gasteiger partial charge in [-0.15, -0.1) is 0 Å². The van der Waals surface area contributed by atoms with E-state index in [9.17, 15) is 14.0 Å². The quantitative estimate of drug-likeness (QED) is 0.621. The molecule has 6 heteroatoms. The number of para-hydroxylation sites is 1. The fourth-order valence-electron chi connectivity index (χ4n) is 3.34. The van der Waals surface area contributed by atoms with Crippen LogP contribution in [0.5, 0.6) is 0 Å². The number of fused-ring (bicyclic) bond motifs is 1. The minimum atomic E-state index is -0.624. The normalized spacial score (nSPS) is 17.7. The monoisotopic (exact) mass is 383 g/mol. The van der Waals surface area contributed by atoms with Gasteiger partial charge in [-0.3, -0.25) is 4.79 Å². The van der Waals surface area contributed by atoms with E-state index in [0.29, 0.717) is 41.8 Å². The SMILES string of the molecule is O=C(c1cc2ccccc2oc1=O)N1CCS[C@H](c2ccccc2F)CC1. The summed E-state index contributed by atoms with van der Waals surface area (Å²) in [7, 11) is 0. The Labute approximate surface area is 160 Å². The summed E-state index contributed by atoms with van der Waals surface area (Å²) in [4.78, 5) is 26.8. The standard InChI is InChI=1S/C21H18FNO3S/c22-17-7-3-2-6-15(17)19-9-10-23(11-12-27-19)20(24)16-13-14-5-1-4-8-18(14)26-21(16)25/h1-8,13,19H,9-12H2/t19-/m0/s1. The number of carbonyl (C=O) groups excluding carboxylic acids is 1. The zero-order valence-electron chi connectivity index (χ0n) is 14.6. The van der Waals surface area contributed by atoms with Crippen LogP contribution in [0.15, 0.2) is 63.8 Å². The lowest BCUT2D eigenvalue weighted by Crippen LogP contribution is -2.35. The molecule has 4 nitrogen and oxygen atoms in total. The zero-order chi connectivity index (χ0) is 18.8. The predicted molar refractivity (Wildman–Crippen MR) is 105 cm³/mol. The summed E-state index contributed by atoms with van der Waals surface area (Å²) >= 11 is 1.64. The molecule has 0 unspecified atom stereocenters. The molecule has 0 bridgehead atoms. The van der Waals surface area contributed by atoms with Crippen LogP contribution in [0, 0.1) is 5.82 Å². The summed E-state index contributed by atoms with van der Waals surface area (Å²) in [5.41, 5.74) is 0.552. The third kappa shape index (κ3) is 3.62. The fourth-order valence-corrected chi connectivity index (χ4v) is 4.59. The minimum Gasteiger partial charge on any atom is -0.422 e. The van der Waals surface area contributed by atoms with Gasteiger partial charge in [-0.1, -0.05) is 36.4 Å². The summed E-state index contributed by atoms with van der Waals surface area (Å²) in [6.07, 6.45) is 0.635. The molecule has 2 heterocycles. The molecule has 3 aromatic rings. The summed E-state index contributed by atoms with van der Waals surface area (Å²) in [5, 5.41) is 0.714. The van der Waals surface area contributed by atoms with Crippen LogP contribution in [0.4, 0.5) is 4.39 Å². The summed E-state index contributed by atoms with van der Waals surface area (Å²) in [5.74, 6) is 0.137. The van der Waals surface area contributed by atoms with Crippen molar-refractivity contribution in [2.45, 2.75) is 11.7 Å². The molecular weight excluding hydrogens is 365 g/mol. The first-order valence-corrected chi connectivity index (χ1v) is 9.86. The van der Waals surface area contributed by atoms with Gasteiger partial charge in [-0.05, 0) is 24.6 Å². The smallest absolute Gasteiger partial charge is 0.349 e. The van der Waals surface area contributed by atoms with Crippen LogP contribution in [0.3, 0.4) is 0 Å². The number of amides is 1. The molecule has 0 N–H and O–H groups in total. The van der Waals surface area contributed by atoms with Crippen molar-refractivity contribution < 1.29 is 13.6 Å². The van der Waals surface area contributed by atoms with E-state index in [4.69, 9.17) is 4.42 Å². The molecule has 1 aromatic heterocycles. The number of thioether (sulfide) groups is 1. The van der Waals surface area contributed by atoms with E-state index >= 15 is 0 Å². The zero-order valence-corrected chi connectivity index (χ0v) is 15.4. The molecule has 0 saturated carbocycles. The molecule has 1 aliphatic rings. The highest BCUT2D eigenvalue weighted by Crippen LogP contribution is 2.35. The van der Waals surface area contributed by atoms with E-state index in [-0.39, 0.29) is 22.5 Å². The van der Waals surface area contributed by atoms with Crippen molar-refractivity contribution in [3.63, 3.8) is 0 Å². The van der Waals surface area contributed by atoms with E-state index in [1.54, 1.807) is 47.0 Å². The number of rotatable bonds is 2. The number of hydrogen-bond acceptors (Lipinski definition) is 4. The van der Waals surface area contributed by atoms with Gasteiger partial charge in [0.2, 0.25) is 0 Å². The molecule has 1 saturated heterocycles. The van der Waals surface area contributed by atoms with Gasteiger partial charge in [0, 0.05) is 35.0 Å². The van der Waals surface area contributed by atoms with Gasteiger partial charge >= 0.3 is 5.63 Å². The molecule has 1 aliphatic heterocycles. The summed E-state index contributed by atoms with van der Waals surface area (Å²) in [6, 6.07) is 15.5. The molecule has 1 atom stereocenters. The number of halogens is 1. The Balaban J connectivity index is 1.56. The third-order valence-corrected chi connectivity index (χ3v) is 6.06. The predicted octanol–water partition coefficient (Wildman–Crippen LogP) is 4.25. The fraction of sp³-hybridized carbons (Fsp3) is 0.238. The third-order valence-electron chi connectivity index (χ3n) is 4.75. The van der Waals surface area contributed by atoms with Crippen molar-refractivity contribution in [3.05, 3.63) is 82.0 Å². The van der Waals surface area contributed by atoms with Gasteiger partial charge in [-0.25, -0.2) is 9.18 Å². The average molecular weight is 383 g/mol. The lowest BCUT2D eigenvalue weighted by atomic mass is 10.1. The van der Waals surface area contributed by atoms with Gasteiger partial charge in [-0.2, -0.15) is 11.8 Å². The van der Waals surface area contributed by atoms with Gasteiger partial charge in [0.25, 0.3) is 5.91 Å². The van der Waals surface area contributed by atoms with Gasteiger partial charge < -0.3 is 9.32 Å². The van der Waals surface area contributed by atoms with Crippen molar-refractivity contribution in [2.75, 3.05) is 18.8 Å². The molecule has 1 amide bonds. The maximum absolute atomic E-state index is 14.1. The molecule has 138 valence electrons. The maximum Gasteiger partial charge on any atom is 0.349 e. The molecule has 2 aromatic carbocycles. The number of hydrogen-bond donors (Lipinski definition) is 0. The summed E-state index contributed by atoms with van der Waals surface area (Å²) in [6.45, 7) is 0.984. The Bertz CT molecular complexity index is 1050. The number of nitrogens with zero attached hydrogens (tertiary/aromatic N) is 1. The van der Waals surface area contributed by atoms with Crippen LogP contribution >= 0.6 is 11.8 Å². The van der Waals surface area contributed by atoms with E-state index in [1.807, 2.05) is 18.2 Å². The Morgan fingerprint density at radius 1 is 1.11 bits per heavy atom. The summed E-state index contributed by atoms with van der Waals surface area (Å²) < 4.78 is 19.4. The van der Waals surface area contributed by atoms with Crippen molar-refractivity contribution >= 4 is 28.6 Å². The Morgan fingerprint density at radius 3 is 2.74 bits per heavy atom. The van der Waals surface area contributed by atoms with Crippen LogP contribution in [-0.2, 0) is 0 Å². The van der Waals surface area contributed by atoms with Crippen molar-refractivity contribution in [1.82, 2.24) is 4.90 Å². The first kappa shape index (κ1) is 17.8. The topological polar surface area (TPSA) is 50.5 Å². The van der Waals surface area contributed by atoms with E-state index in [2.05, 4.69) is 0 Å². The van der Waals surface area contributed by atoms with E-state index < -0.39 is 5.63 Å². The largest absolute Gasteiger partial charge is 0.422 e. The van der Waals surface area contributed by atoms with Crippen LogP contribution in [0.1, 0.15) is 27.6 Å². The van der Waals surface area contributed by atoms with E-state index in [1.165, 1.54) is 6.07 Å². The van der Waals surface area contributed by atoms with Gasteiger partial charge in [0.1, 0.15) is 17.0 Å². The Morgan fingerprint density at radius 2 is 1.89 bits per heavy atom. The highest BCUT2D eigenvalue weighted by Gasteiger charge is 2.26. The van der Waals surface area contributed by atoms with Gasteiger partial charge in [0.15, 0.2) is 0 Å². The van der Waals surface area contributed by atoms with Crippen LogP contribution in [0.25, 0.3) is 11.0 Å². The highest BCUT2D eigenvalue weighted by molar-refractivity contribution is 7.99. The second kappa shape index (κ2) is 7.56. The molecule has 27 heavy (non-hydrogen) atoms. The Kier molecular flexibility index (Phi) is 4.99. The number of carbonyl (C=O) groups is 1. The average Bonchev–Trinajstić information content (AvgIpc) is 2.93. The van der Waals surface area contributed by atoms with Crippen LogP contribution < -0.4 is 5.63 Å². The second-order valence-corrected chi connectivity index (χ2v) is 7.76.